The smallest absolute Gasteiger partial charge is 0.160 e. The van der Waals surface area contributed by atoms with Gasteiger partial charge in [0.2, 0.25) is 0 Å². The highest BCUT2D eigenvalue weighted by atomic mass is 35.5. The summed E-state index contributed by atoms with van der Waals surface area (Å²) in [5.74, 6) is 3.80. The van der Waals surface area contributed by atoms with E-state index in [2.05, 4.69) is 64.9 Å². The van der Waals surface area contributed by atoms with Crippen LogP contribution in [0, 0.1) is 0 Å². The molecule has 1 aromatic carbocycles. The van der Waals surface area contributed by atoms with Gasteiger partial charge in [-0.2, -0.15) is 9.61 Å². The SMILES string of the molecule is C=C(C)c1cc(Cl)ccc1CCC1=NCCN1CCN(C)c1cc(N2CCC2)nc2cc(C(C)CCCCC)nn12. The minimum atomic E-state index is 0.434. The lowest BCUT2D eigenvalue weighted by Gasteiger charge is -2.33. The number of rotatable bonds is 14. The normalized spacial score (nSPS) is 15.8. The fourth-order valence-electron chi connectivity index (χ4n) is 5.83. The maximum atomic E-state index is 6.26. The summed E-state index contributed by atoms with van der Waals surface area (Å²) in [6, 6.07) is 10.6. The first-order chi connectivity index (χ1) is 19.8. The fourth-order valence-corrected chi connectivity index (χ4v) is 6.01. The Morgan fingerprint density at radius 3 is 2.68 bits per heavy atom. The number of hydrogen-bond donors (Lipinski definition) is 0. The van der Waals surface area contributed by atoms with Crippen molar-refractivity contribution in [3.05, 3.63) is 58.8 Å². The van der Waals surface area contributed by atoms with E-state index < -0.39 is 0 Å². The maximum absolute atomic E-state index is 6.26. The monoisotopic (exact) mass is 575 g/mol. The molecule has 3 aromatic rings. The second-order valence-corrected chi connectivity index (χ2v) is 12.3. The highest BCUT2D eigenvalue weighted by molar-refractivity contribution is 6.30. The molecule has 5 rings (SSSR count). The number of allylic oxidation sites excluding steroid dienone is 1. The summed E-state index contributed by atoms with van der Waals surface area (Å²) in [5, 5.41) is 5.84. The number of hydrogen-bond acceptors (Lipinski definition) is 6. The van der Waals surface area contributed by atoms with E-state index in [1.807, 2.05) is 19.1 Å². The first-order valence-corrected chi connectivity index (χ1v) is 15.8. The Labute approximate surface area is 250 Å². The Hall–Kier alpha value is -3.06. The highest BCUT2D eigenvalue weighted by Gasteiger charge is 2.23. The molecule has 1 atom stereocenters. The van der Waals surface area contributed by atoms with Crippen LogP contribution in [0.3, 0.4) is 0 Å². The summed E-state index contributed by atoms with van der Waals surface area (Å²) in [5.41, 5.74) is 5.58. The van der Waals surface area contributed by atoms with E-state index in [-0.39, 0.29) is 0 Å². The van der Waals surface area contributed by atoms with Crippen molar-refractivity contribution in [2.45, 2.75) is 71.6 Å². The Morgan fingerprint density at radius 2 is 1.95 bits per heavy atom. The van der Waals surface area contributed by atoms with Crippen LogP contribution in [0.25, 0.3) is 11.2 Å². The van der Waals surface area contributed by atoms with Crippen LogP contribution >= 0.6 is 11.6 Å². The van der Waals surface area contributed by atoms with Gasteiger partial charge < -0.3 is 14.7 Å². The van der Waals surface area contributed by atoms with E-state index in [1.165, 1.54) is 43.5 Å². The van der Waals surface area contributed by atoms with Crippen LogP contribution in [-0.4, -0.2) is 71.6 Å². The maximum Gasteiger partial charge on any atom is 0.160 e. The lowest BCUT2D eigenvalue weighted by molar-refractivity contribution is 0.454. The number of aryl methyl sites for hydroxylation is 1. The molecule has 1 fully saturated rings. The van der Waals surface area contributed by atoms with Crippen molar-refractivity contribution >= 4 is 40.3 Å². The van der Waals surface area contributed by atoms with Crippen LogP contribution in [0.4, 0.5) is 11.6 Å². The Balaban J connectivity index is 1.28. The Morgan fingerprint density at radius 1 is 1.12 bits per heavy atom. The molecule has 41 heavy (non-hydrogen) atoms. The first kappa shape index (κ1) is 29.4. The number of likely N-dealkylation sites (N-methyl/N-ethyl adjacent to an activating group) is 1. The van der Waals surface area contributed by atoms with Crippen molar-refractivity contribution in [1.29, 1.82) is 0 Å². The van der Waals surface area contributed by atoms with Gasteiger partial charge in [0.05, 0.1) is 18.1 Å². The highest BCUT2D eigenvalue weighted by Crippen LogP contribution is 2.29. The number of nitrogens with zero attached hydrogens (tertiary/aromatic N) is 7. The van der Waals surface area contributed by atoms with Gasteiger partial charge in [0.25, 0.3) is 0 Å². The molecule has 0 bridgehead atoms. The molecule has 0 spiro atoms. The lowest BCUT2D eigenvalue weighted by atomic mass is 9.98. The van der Waals surface area contributed by atoms with Crippen LogP contribution in [0.15, 0.2) is 41.9 Å². The van der Waals surface area contributed by atoms with E-state index in [0.29, 0.717) is 5.92 Å². The first-order valence-electron chi connectivity index (χ1n) is 15.4. The van der Waals surface area contributed by atoms with Gasteiger partial charge in [-0.15, -0.1) is 0 Å². The van der Waals surface area contributed by atoms with Crippen LogP contribution in [-0.2, 0) is 6.42 Å². The molecule has 0 radical (unpaired) electrons. The van der Waals surface area contributed by atoms with Gasteiger partial charge in [-0.25, -0.2) is 4.98 Å². The van der Waals surface area contributed by atoms with Crippen molar-refractivity contribution in [3.63, 3.8) is 0 Å². The zero-order valence-corrected chi connectivity index (χ0v) is 26.1. The van der Waals surface area contributed by atoms with Gasteiger partial charge in [-0.3, -0.25) is 4.99 Å². The molecule has 4 heterocycles. The topological polar surface area (TPSA) is 52.3 Å². The molecule has 1 saturated heterocycles. The molecular weight excluding hydrogens is 530 g/mol. The molecule has 0 saturated carbocycles. The van der Waals surface area contributed by atoms with Gasteiger partial charge in [0, 0.05) is 69.3 Å². The second kappa shape index (κ2) is 13.3. The number of aliphatic imine (C=N–C) groups is 1. The van der Waals surface area contributed by atoms with Crippen molar-refractivity contribution in [2.24, 2.45) is 4.99 Å². The molecule has 2 aliphatic rings. The third-order valence-corrected chi connectivity index (χ3v) is 8.85. The van der Waals surface area contributed by atoms with E-state index in [1.54, 1.807) is 0 Å². The average Bonchev–Trinajstić information content (AvgIpc) is 3.56. The predicted octanol–water partition coefficient (Wildman–Crippen LogP) is 7.09. The van der Waals surface area contributed by atoms with E-state index in [4.69, 9.17) is 26.7 Å². The fraction of sp³-hybridized carbons (Fsp3) is 0.545. The number of aromatic nitrogens is 3. The van der Waals surface area contributed by atoms with Crippen LogP contribution in [0.1, 0.15) is 82.0 Å². The largest absolute Gasteiger partial charge is 0.358 e. The number of amidine groups is 1. The lowest BCUT2D eigenvalue weighted by Crippen LogP contribution is -2.38. The van der Waals surface area contributed by atoms with Crippen molar-refractivity contribution in [3.8, 4) is 0 Å². The molecule has 8 heteroatoms. The minimum absolute atomic E-state index is 0.434. The molecule has 2 aromatic heterocycles. The molecule has 2 aliphatic heterocycles. The van der Waals surface area contributed by atoms with Crippen molar-refractivity contribution < 1.29 is 0 Å². The molecule has 0 amide bonds. The molecule has 220 valence electrons. The van der Waals surface area contributed by atoms with Crippen molar-refractivity contribution in [2.75, 3.05) is 56.1 Å². The molecule has 0 N–H and O–H groups in total. The van der Waals surface area contributed by atoms with Gasteiger partial charge in [-0.1, -0.05) is 62.9 Å². The van der Waals surface area contributed by atoms with Crippen LogP contribution < -0.4 is 9.80 Å². The standard InChI is InChI=1S/C33H46ClN7/c1-6-7-8-10-25(4)29-22-32-36-31(39-16-9-17-39)23-33(41(32)37-29)38(5)19-20-40-18-15-35-30(40)14-12-26-11-13-27(34)21-28(26)24(2)3/h11,13,21-23,25H,2,6-10,12,14-20H2,1,3-5H3. The average molecular weight is 576 g/mol. The summed E-state index contributed by atoms with van der Waals surface area (Å²) >= 11 is 6.26. The Kier molecular flexibility index (Phi) is 9.53. The quantitative estimate of drug-likeness (QED) is 0.192. The predicted molar refractivity (Wildman–Crippen MR) is 174 cm³/mol. The van der Waals surface area contributed by atoms with Gasteiger partial charge in [0.1, 0.15) is 11.6 Å². The third-order valence-electron chi connectivity index (χ3n) is 8.61. The second-order valence-electron chi connectivity index (χ2n) is 11.8. The minimum Gasteiger partial charge on any atom is -0.358 e. The van der Waals surface area contributed by atoms with E-state index >= 15 is 0 Å². The number of halogens is 1. The number of unbranched alkanes of at least 4 members (excludes halogenated alkanes) is 2. The summed E-state index contributed by atoms with van der Waals surface area (Å²) in [6.07, 6.45) is 8.02. The molecule has 7 nitrogen and oxygen atoms in total. The van der Waals surface area contributed by atoms with Gasteiger partial charge in [-0.05, 0) is 49.4 Å². The van der Waals surface area contributed by atoms with Gasteiger partial charge in [0.15, 0.2) is 5.65 Å². The van der Waals surface area contributed by atoms with Gasteiger partial charge >= 0.3 is 0 Å². The molecule has 1 unspecified atom stereocenters. The molecular formula is C33H46ClN7. The summed E-state index contributed by atoms with van der Waals surface area (Å²) in [7, 11) is 2.18. The number of benzene rings is 1. The molecule has 0 aliphatic carbocycles. The van der Waals surface area contributed by atoms with E-state index in [0.717, 1.165) is 91.2 Å². The summed E-state index contributed by atoms with van der Waals surface area (Å²) in [4.78, 5) is 17.1. The zero-order chi connectivity index (χ0) is 28.9. The number of fused-ring (bicyclic) bond motifs is 1. The zero-order valence-electron chi connectivity index (χ0n) is 25.4. The van der Waals surface area contributed by atoms with Crippen molar-refractivity contribution in [1.82, 2.24) is 19.5 Å². The Bertz CT molecular complexity index is 1390. The summed E-state index contributed by atoms with van der Waals surface area (Å²) in [6.45, 7) is 16.6. The van der Waals surface area contributed by atoms with Crippen LogP contribution in [0.5, 0.6) is 0 Å². The summed E-state index contributed by atoms with van der Waals surface area (Å²) < 4.78 is 2.06. The van der Waals surface area contributed by atoms with Crippen LogP contribution in [0.2, 0.25) is 5.02 Å². The third kappa shape index (κ3) is 6.88. The number of anilines is 2. The van der Waals surface area contributed by atoms with E-state index in [9.17, 15) is 0 Å².